The lowest BCUT2D eigenvalue weighted by Gasteiger charge is -2.20. The molecule has 0 unspecified atom stereocenters. The van der Waals surface area contributed by atoms with Crippen molar-refractivity contribution >= 4 is 40.4 Å². The van der Waals surface area contributed by atoms with Gasteiger partial charge in [-0.05, 0) is 62.4 Å². The summed E-state index contributed by atoms with van der Waals surface area (Å²) < 4.78 is 10.7. The van der Waals surface area contributed by atoms with Crippen LogP contribution in [0.4, 0.5) is 16.3 Å². The molecule has 0 saturated heterocycles. The molecule has 0 aliphatic heterocycles. The van der Waals surface area contributed by atoms with Crippen molar-refractivity contribution in [2.75, 3.05) is 30.0 Å². The van der Waals surface area contributed by atoms with Crippen molar-refractivity contribution in [3.05, 3.63) is 77.7 Å². The van der Waals surface area contributed by atoms with E-state index in [2.05, 4.69) is 9.97 Å². The lowest BCUT2D eigenvalue weighted by Crippen LogP contribution is -2.39. The molecule has 0 atom stereocenters. The normalized spacial score (nSPS) is 10.7. The van der Waals surface area contributed by atoms with Crippen LogP contribution in [0.15, 0.2) is 60.8 Å². The molecule has 0 saturated carbocycles. The van der Waals surface area contributed by atoms with Crippen molar-refractivity contribution in [1.82, 2.24) is 15.0 Å². The number of nitrogen functional groups attached to an aromatic ring is 1. The highest BCUT2D eigenvalue weighted by atomic mass is 16.6. The predicted molar refractivity (Wildman–Crippen MR) is 145 cm³/mol. The minimum atomic E-state index is -0.760. The highest BCUT2D eigenvalue weighted by Gasteiger charge is 2.24. The highest BCUT2D eigenvalue weighted by molar-refractivity contribution is 5.95. The number of hydrogen-bond donors (Lipinski definition) is 3. The minimum absolute atomic E-state index is 0.0208. The first kappa shape index (κ1) is 26.1. The van der Waals surface area contributed by atoms with Gasteiger partial charge in [-0.2, -0.15) is 0 Å². The molecule has 0 radical (unpaired) electrons. The number of fused-ring (bicyclic) bond motifs is 1. The van der Waals surface area contributed by atoms with Gasteiger partial charge in [0.05, 0.1) is 24.2 Å². The van der Waals surface area contributed by atoms with E-state index in [1.807, 2.05) is 31.0 Å². The van der Waals surface area contributed by atoms with E-state index in [0.29, 0.717) is 28.9 Å². The van der Waals surface area contributed by atoms with Crippen LogP contribution in [-0.4, -0.2) is 53.0 Å². The van der Waals surface area contributed by atoms with Crippen LogP contribution in [0, 0.1) is 12.3 Å². The summed E-state index contributed by atoms with van der Waals surface area (Å²) in [7, 11) is 1.94. The summed E-state index contributed by atoms with van der Waals surface area (Å²) >= 11 is 0. The number of nitrogens with one attached hydrogen (secondary N) is 2. The van der Waals surface area contributed by atoms with Gasteiger partial charge in [0.15, 0.2) is 0 Å². The van der Waals surface area contributed by atoms with Gasteiger partial charge in [-0.1, -0.05) is 6.07 Å². The van der Waals surface area contributed by atoms with Gasteiger partial charge in [-0.3, -0.25) is 10.2 Å². The largest absolute Gasteiger partial charge is 0.465 e. The molecule has 0 aliphatic carbocycles. The van der Waals surface area contributed by atoms with Crippen molar-refractivity contribution in [3.8, 4) is 5.75 Å². The number of ether oxygens (including phenoxy) is 2. The fourth-order valence-corrected chi connectivity index (χ4v) is 3.88. The molecular weight excluding hydrogens is 486 g/mol. The number of anilines is 2. The topological polar surface area (TPSA) is 151 Å². The molecule has 1 amide bonds. The van der Waals surface area contributed by atoms with Gasteiger partial charge in [-0.25, -0.2) is 19.7 Å². The number of amides is 1. The third-order valence-electron chi connectivity index (χ3n) is 5.85. The molecule has 0 bridgehead atoms. The Morgan fingerprint density at radius 1 is 1.11 bits per heavy atom. The van der Waals surface area contributed by atoms with E-state index < -0.39 is 12.1 Å². The number of rotatable bonds is 9. The van der Waals surface area contributed by atoms with Gasteiger partial charge >= 0.3 is 12.1 Å². The second-order valence-corrected chi connectivity index (χ2v) is 8.53. The van der Waals surface area contributed by atoms with Crippen LogP contribution >= 0.6 is 0 Å². The molecule has 0 fully saturated rings. The molecule has 4 N–H and O–H groups in total. The standard InChI is InChI=1S/C27H29N7O4/c1-4-37-24(35)16-34(23-7-5-6-14-30-23)27(36)38-21-13-12-20-25(17(21)2)32-22(31-20)15-33(3)19-10-8-18(9-11-19)26(28)29/h5-14H,4,15-16H2,1-3H3,(H3,28,29)(H,31,32). The lowest BCUT2D eigenvalue weighted by atomic mass is 10.2. The van der Waals surface area contributed by atoms with Crippen molar-refractivity contribution in [1.29, 1.82) is 5.41 Å². The maximum Gasteiger partial charge on any atom is 0.421 e. The monoisotopic (exact) mass is 515 g/mol. The van der Waals surface area contributed by atoms with Crippen molar-refractivity contribution in [3.63, 3.8) is 0 Å². The first-order valence-corrected chi connectivity index (χ1v) is 12.0. The number of benzene rings is 2. The van der Waals surface area contributed by atoms with Crippen LogP contribution in [0.25, 0.3) is 11.0 Å². The van der Waals surface area contributed by atoms with E-state index in [-0.39, 0.29) is 24.8 Å². The zero-order chi connectivity index (χ0) is 27.2. The second kappa shape index (κ2) is 11.4. The number of esters is 1. The Hall–Kier alpha value is -4.93. The highest BCUT2D eigenvalue weighted by Crippen LogP contribution is 2.27. The Bertz CT molecular complexity index is 1450. The number of aryl methyl sites for hydroxylation is 1. The Labute approximate surface area is 219 Å². The molecule has 11 nitrogen and oxygen atoms in total. The van der Waals surface area contributed by atoms with E-state index in [1.165, 1.54) is 6.20 Å². The van der Waals surface area contributed by atoms with Crippen molar-refractivity contribution in [2.45, 2.75) is 20.4 Å². The average molecular weight is 516 g/mol. The fraction of sp³-hybridized carbons (Fsp3) is 0.222. The smallest absolute Gasteiger partial charge is 0.421 e. The first-order chi connectivity index (χ1) is 18.3. The van der Waals surface area contributed by atoms with Gasteiger partial charge in [0.2, 0.25) is 0 Å². The zero-order valence-electron chi connectivity index (χ0n) is 21.4. The van der Waals surface area contributed by atoms with E-state index in [4.69, 9.17) is 25.6 Å². The van der Waals surface area contributed by atoms with E-state index in [0.717, 1.165) is 21.9 Å². The molecule has 2 aromatic heterocycles. The van der Waals surface area contributed by atoms with Crippen LogP contribution < -0.4 is 20.3 Å². The Morgan fingerprint density at radius 2 is 1.87 bits per heavy atom. The second-order valence-electron chi connectivity index (χ2n) is 8.53. The first-order valence-electron chi connectivity index (χ1n) is 12.0. The van der Waals surface area contributed by atoms with E-state index in [1.54, 1.807) is 49.4 Å². The van der Waals surface area contributed by atoms with Crippen molar-refractivity contribution < 1.29 is 19.1 Å². The van der Waals surface area contributed by atoms with Gasteiger partial charge in [0.1, 0.15) is 29.8 Å². The zero-order valence-corrected chi connectivity index (χ0v) is 21.4. The van der Waals surface area contributed by atoms with Crippen molar-refractivity contribution in [2.24, 2.45) is 5.73 Å². The molecule has 38 heavy (non-hydrogen) atoms. The summed E-state index contributed by atoms with van der Waals surface area (Å²) in [6, 6.07) is 15.9. The molecule has 0 spiro atoms. The van der Waals surface area contributed by atoms with Gasteiger partial charge < -0.3 is 25.1 Å². The summed E-state index contributed by atoms with van der Waals surface area (Å²) in [4.78, 5) is 40.6. The van der Waals surface area contributed by atoms with Gasteiger partial charge in [0, 0.05) is 30.1 Å². The number of nitrogens with zero attached hydrogens (tertiary/aromatic N) is 4. The van der Waals surface area contributed by atoms with E-state index in [9.17, 15) is 9.59 Å². The number of carbonyl (C=O) groups excluding carboxylic acids is 2. The van der Waals surface area contributed by atoms with Gasteiger partial charge in [0.25, 0.3) is 0 Å². The van der Waals surface area contributed by atoms with E-state index >= 15 is 0 Å². The summed E-state index contributed by atoms with van der Waals surface area (Å²) in [6.45, 7) is 3.86. The molecule has 4 rings (SSSR count). The summed E-state index contributed by atoms with van der Waals surface area (Å²) in [5.41, 5.74) is 9.28. The Kier molecular flexibility index (Phi) is 7.86. The van der Waals surface area contributed by atoms with Crippen LogP contribution in [0.5, 0.6) is 5.75 Å². The summed E-state index contributed by atoms with van der Waals surface area (Å²) in [5.74, 6) is 0.762. The van der Waals surface area contributed by atoms with Crippen LogP contribution in [0.3, 0.4) is 0 Å². The maximum atomic E-state index is 13.1. The molecular formula is C27H29N7O4. The third-order valence-corrected chi connectivity index (χ3v) is 5.85. The Balaban J connectivity index is 1.53. The van der Waals surface area contributed by atoms with Crippen LogP contribution in [-0.2, 0) is 16.1 Å². The maximum absolute atomic E-state index is 13.1. The molecule has 0 aliphatic rings. The number of aromatic amines is 1. The lowest BCUT2D eigenvalue weighted by molar-refractivity contribution is -0.141. The number of carbonyl (C=O) groups is 2. The van der Waals surface area contributed by atoms with Crippen LogP contribution in [0.1, 0.15) is 23.9 Å². The number of imidazole rings is 1. The number of nitrogens with two attached hydrogens (primary N) is 1. The number of H-pyrrole nitrogens is 1. The molecule has 2 heterocycles. The fourth-order valence-electron chi connectivity index (χ4n) is 3.88. The Morgan fingerprint density at radius 3 is 2.53 bits per heavy atom. The number of pyridine rings is 1. The SMILES string of the molecule is CCOC(=O)CN(C(=O)Oc1ccc2[nH]c(CN(C)c3ccc(C(=N)N)cc3)nc2c1C)c1ccccn1. The predicted octanol–water partition coefficient (Wildman–Crippen LogP) is 3.76. The quantitative estimate of drug-likeness (QED) is 0.173. The van der Waals surface area contributed by atoms with Gasteiger partial charge in [-0.15, -0.1) is 0 Å². The van der Waals surface area contributed by atoms with Crippen LogP contribution in [0.2, 0.25) is 0 Å². The molecule has 196 valence electrons. The number of amidine groups is 1. The molecule has 11 heteroatoms. The number of hydrogen-bond acceptors (Lipinski definition) is 8. The average Bonchev–Trinajstić information content (AvgIpc) is 3.33. The third kappa shape index (κ3) is 5.89. The molecule has 4 aromatic rings. The number of aromatic nitrogens is 3. The molecule has 2 aromatic carbocycles. The summed E-state index contributed by atoms with van der Waals surface area (Å²) in [6.07, 6.45) is 0.765. The minimum Gasteiger partial charge on any atom is -0.465 e. The summed E-state index contributed by atoms with van der Waals surface area (Å²) in [5, 5.41) is 7.54.